The fraction of sp³-hybridized carbons (Fsp3) is 0.350. The van der Waals surface area contributed by atoms with Gasteiger partial charge in [-0.1, -0.05) is 6.07 Å². The number of carbonyl (C=O) groups is 1. The highest BCUT2D eigenvalue weighted by molar-refractivity contribution is 5.78. The third-order valence-corrected chi connectivity index (χ3v) is 4.03. The van der Waals surface area contributed by atoms with Crippen LogP contribution in [0, 0.1) is 0 Å². The summed E-state index contributed by atoms with van der Waals surface area (Å²) in [4.78, 5) is 12.3. The molecule has 0 bridgehead atoms. The lowest BCUT2D eigenvalue weighted by Gasteiger charge is -2.14. The maximum atomic E-state index is 12.3. The van der Waals surface area contributed by atoms with Gasteiger partial charge in [0.15, 0.2) is 23.0 Å². The number of ether oxygens (including phenoxy) is 5. The minimum absolute atomic E-state index is 0.115. The minimum Gasteiger partial charge on any atom is -0.493 e. The molecule has 7 heteroatoms. The second-order valence-electron chi connectivity index (χ2n) is 5.68. The molecule has 0 aliphatic rings. The van der Waals surface area contributed by atoms with Gasteiger partial charge in [0.1, 0.15) is 0 Å². The van der Waals surface area contributed by atoms with E-state index in [-0.39, 0.29) is 12.3 Å². The van der Waals surface area contributed by atoms with Crippen molar-refractivity contribution < 1.29 is 28.5 Å². The van der Waals surface area contributed by atoms with E-state index in [0.29, 0.717) is 35.3 Å². The zero-order valence-electron chi connectivity index (χ0n) is 16.3. The first-order valence-electron chi connectivity index (χ1n) is 8.32. The molecule has 1 amide bonds. The van der Waals surface area contributed by atoms with E-state index in [9.17, 15) is 4.79 Å². The van der Waals surface area contributed by atoms with Crippen LogP contribution < -0.4 is 29.0 Å². The maximum Gasteiger partial charge on any atom is 0.224 e. The first-order valence-corrected chi connectivity index (χ1v) is 8.32. The fourth-order valence-corrected chi connectivity index (χ4v) is 2.68. The van der Waals surface area contributed by atoms with Crippen LogP contribution in [0.1, 0.15) is 11.1 Å². The van der Waals surface area contributed by atoms with Gasteiger partial charge in [-0.05, 0) is 35.4 Å². The molecule has 0 unspecified atom stereocenters. The molecule has 7 nitrogen and oxygen atoms in total. The van der Waals surface area contributed by atoms with E-state index in [0.717, 1.165) is 11.1 Å². The molecule has 0 aliphatic heterocycles. The highest BCUT2D eigenvalue weighted by Gasteiger charge is 2.14. The van der Waals surface area contributed by atoms with Crippen molar-refractivity contribution >= 4 is 5.91 Å². The molecule has 2 rings (SSSR count). The molecule has 0 saturated heterocycles. The smallest absolute Gasteiger partial charge is 0.224 e. The van der Waals surface area contributed by atoms with Crippen molar-refractivity contribution in [2.45, 2.75) is 13.0 Å². The zero-order chi connectivity index (χ0) is 19.8. The van der Waals surface area contributed by atoms with Crippen LogP contribution in [0.3, 0.4) is 0 Å². The summed E-state index contributed by atoms with van der Waals surface area (Å²) in [6.45, 7) is 0.336. The van der Waals surface area contributed by atoms with Gasteiger partial charge in [-0.3, -0.25) is 4.79 Å². The van der Waals surface area contributed by atoms with E-state index in [4.69, 9.17) is 23.7 Å². The molecule has 0 aromatic heterocycles. The molecule has 27 heavy (non-hydrogen) atoms. The van der Waals surface area contributed by atoms with Crippen LogP contribution in [0.15, 0.2) is 30.3 Å². The van der Waals surface area contributed by atoms with Crippen LogP contribution in [0.5, 0.6) is 28.7 Å². The van der Waals surface area contributed by atoms with E-state index < -0.39 is 0 Å². The number of carbonyl (C=O) groups excluding carboxylic acids is 1. The van der Waals surface area contributed by atoms with Gasteiger partial charge < -0.3 is 29.0 Å². The largest absolute Gasteiger partial charge is 0.493 e. The molecule has 1 N–H and O–H groups in total. The average molecular weight is 375 g/mol. The Bertz CT molecular complexity index is 765. The summed E-state index contributed by atoms with van der Waals surface area (Å²) in [7, 11) is 7.78. The van der Waals surface area contributed by atoms with E-state index >= 15 is 0 Å². The van der Waals surface area contributed by atoms with Crippen LogP contribution in [-0.4, -0.2) is 41.5 Å². The van der Waals surface area contributed by atoms with Crippen LogP contribution in [0.4, 0.5) is 0 Å². The molecule has 0 aliphatic carbocycles. The van der Waals surface area contributed by atoms with Gasteiger partial charge in [-0.2, -0.15) is 0 Å². The summed E-state index contributed by atoms with van der Waals surface area (Å²) in [5.74, 6) is 2.70. The first-order chi connectivity index (χ1) is 13.1. The Morgan fingerprint density at radius 3 is 1.81 bits per heavy atom. The Balaban J connectivity index is 2.05. The molecular weight excluding hydrogens is 350 g/mol. The van der Waals surface area contributed by atoms with Gasteiger partial charge in [0, 0.05) is 6.54 Å². The monoisotopic (exact) mass is 375 g/mol. The average Bonchev–Trinajstić information content (AvgIpc) is 2.71. The molecular formula is C20H25NO6. The molecule has 146 valence electrons. The van der Waals surface area contributed by atoms with Crippen molar-refractivity contribution in [1.82, 2.24) is 5.32 Å². The molecule has 0 radical (unpaired) electrons. The third-order valence-electron chi connectivity index (χ3n) is 4.03. The molecule has 0 spiro atoms. The van der Waals surface area contributed by atoms with E-state index in [1.54, 1.807) is 59.8 Å². The highest BCUT2D eigenvalue weighted by Crippen LogP contribution is 2.38. The summed E-state index contributed by atoms with van der Waals surface area (Å²) >= 11 is 0. The number of hydrogen-bond donors (Lipinski definition) is 1. The van der Waals surface area contributed by atoms with E-state index in [1.165, 1.54) is 0 Å². The summed E-state index contributed by atoms with van der Waals surface area (Å²) in [6, 6.07) is 9.01. The molecule has 2 aromatic rings. The van der Waals surface area contributed by atoms with Crippen molar-refractivity contribution in [3.05, 3.63) is 41.5 Å². The quantitative estimate of drug-likeness (QED) is 0.726. The normalized spacial score (nSPS) is 10.1. The van der Waals surface area contributed by atoms with Crippen molar-refractivity contribution in [2.24, 2.45) is 0 Å². The van der Waals surface area contributed by atoms with Gasteiger partial charge in [0.2, 0.25) is 11.7 Å². The van der Waals surface area contributed by atoms with Gasteiger partial charge in [-0.25, -0.2) is 0 Å². The Morgan fingerprint density at radius 2 is 1.30 bits per heavy atom. The van der Waals surface area contributed by atoms with Crippen LogP contribution in [0.25, 0.3) is 0 Å². The molecule has 0 atom stereocenters. The molecule has 2 aromatic carbocycles. The zero-order valence-corrected chi connectivity index (χ0v) is 16.3. The highest BCUT2D eigenvalue weighted by atomic mass is 16.5. The summed E-state index contributed by atoms with van der Waals surface area (Å²) in [5, 5.41) is 2.89. The van der Waals surface area contributed by atoms with Gasteiger partial charge in [0.25, 0.3) is 0 Å². The number of nitrogens with one attached hydrogen (secondary N) is 1. The van der Waals surface area contributed by atoms with Gasteiger partial charge in [0.05, 0.1) is 42.0 Å². The summed E-state index contributed by atoms with van der Waals surface area (Å²) in [6.07, 6.45) is 0.227. The van der Waals surface area contributed by atoms with E-state index in [2.05, 4.69) is 5.32 Å². The number of methoxy groups -OCH3 is 5. The number of benzene rings is 2. The lowest BCUT2D eigenvalue weighted by molar-refractivity contribution is -0.120. The van der Waals surface area contributed by atoms with Crippen molar-refractivity contribution in [1.29, 1.82) is 0 Å². The Labute approximate surface area is 159 Å². The Kier molecular flexibility index (Phi) is 7.16. The second kappa shape index (κ2) is 9.56. The van der Waals surface area contributed by atoms with Crippen molar-refractivity contribution in [3.63, 3.8) is 0 Å². The maximum absolute atomic E-state index is 12.3. The first kappa shape index (κ1) is 20.2. The second-order valence-corrected chi connectivity index (χ2v) is 5.68. The van der Waals surface area contributed by atoms with Gasteiger partial charge in [-0.15, -0.1) is 0 Å². The predicted molar refractivity (Wildman–Crippen MR) is 101 cm³/mol. The lowest BCUT2D eigenvalue weighted by Crippen LogP contribution is -2.24. The Morgan fingerprint density at radius 1 is 0.741 bits per heavy atom. The standard InChI is InChI=1S/C20H25NO6/c1-23-15-7-6-13(8-16(15)24-2)11-19(22)21-12-14-9-17(25-3)20(27-5)18(10-14)26-4/h6-10H,11-12H2,1-5H3,(H,21,22). The minimum atomic E-state index is -0.115. The van der Waals surface area contributed by atoms with Crippen molar-refractivity contribution in [2.75, 3.05) is 35.5 Å². The number of hydrogen-bond acceptors (Lipinski definition) is 6. The van der Waals surface area contributed by atoms with Crippen LogP contribution in [-0.2, 0) is 17.8 Å². The van der Waals surface area contributed by atoms with Crippen LogP contribution >= 0.6 is 0 Å². The lowest BCUT2D eigenvalue weighted by atomic mass is 10.1. The summed E-state index contributed by atoms with van der Waals surface area (Å²) in [5.41, 5.74) is 1.67. The SMILES string of the molecule is COc1ccc(CC(=O)NCc2cc(OC)c(OC)c(OC)c2)cc1OC. The number of amides is 1. The topological polar surface area (TPSA) is 75.3 Å². The van der Waals surface area contributed by atoms with Crippen molar-refractivity contribution in [3.8, 4) is 28.7 Å². The summed E-state index contributed by atoms with van der Waals surface area (Å²) < 4.78 is 26.4. The van der Waals surface area contributed by atoms with E-state index in [1.807, 2.05) is 6.07 Å². The fourth-order valence-electron chi connectivity index (χ4n) is 2.68. The Hall–Kier alpha value is -3.09. The molecule has 0 heterocycles. The van der Waals surface area contributed by atoms with Crippen LogP contribution in [0.2, 0.25) is 0 Å². The van der Waals surface area contributed by atoms with Gasteiger partial charge >= 0.3 is 0 Å². The predicted octanol–water partition coefficient (Wildman–Crippen LogP) is 2.59. The third kappa shape index (κ3) is 4.97. The number of rotatable bonds is 9. The molecule has 0 saturated carbocycles. The molecule has 0 fully saturated rings.